The van der Waals surface area contributed by atoms with E-state index in [0.717, 1.165) is 12.8 Å². The van der Waals surface area contributed by atoms with Crippen LogP contribution in [0.3, 0.4) is 0 Å². The summed E-state index contributed by atoms with van der Waals surface area (Å²) in [4.78, 5) is 22.3. The molecule has 0 fully saturated rings. The van der Waals surface area contributed by atoms with Crippen LogP contribution in [-0.4, -0.2) is 31.0 Å². The summed E-state index contributed by atoms with van der Waals surface area (Å²) in [6.45, 7) is 2.00. The van der Waals surface area contributed by atoms with Gasteiger partial charge >= 0.3 is 5.97 Å². The van der Waals surface area contributed by atoms with E-state index in [0.29, 0.717) is 12.0 Å². The Labute approximate surface area is 124 Å². The van der Waals surface area contributed by atoms with Crippen LogP contribution >= 0.6 is 0 Å². The highest BCUT2D eigenvalue weighted by molar-refractivity contribution is 7.91. The first-order valence-electron chi connectivity index (χ1n) is 6.94. The maximum absolute atomic E-state index is 12.0. The van der Waals surface area contributed by atoms with E-state index in [1.165, 1.54) is 24.3 Å². The van der Waals surface area contributed by atoms with Crippen molar-refractivity contribution in [2.24, 2.45) is 0 Å². The van der Waals surface area contributed by atoms with E-state index in [4.69, 9.17) is 5.11 Å². The Balaban J connectivity index is 2.73. The fourth-order valence-electron chi connectivity index (χ4n) is 1.87. The standard InChI is InChI=1S/C15H20O5S/c1-2-3-4-11-21(19,20)13-7-5-12(6-8-13)14(16)9-10-15(17)18/h5-8H,2-4,9-11H2,1H3,(H,17,18). The molecule has 0 aliphatic carbocycles. The minimum absolute atomic E-state index is 0.0854. The number of carboxylic acid groups (broad SMARTS) is 1. The molecule has 0 heterocycles. The third kappa shape index (κ3) is 5.67. The molecular weight excluding hydrogens is 292 g/mol. The van der Waals surface area contributed by atoms with Crippen LogP contribution in [0.25, 0.3) is 0 Å². The molecule has 0 unspecified atom stereocenters. The summed E-state index contributed by atoms with van der Waals surface area (Å²) in [6.07, 6.45) is 2.13. The summed E-state index contributed by atoms with van der Waals surface area (Å²) in [5.74, 6) is -1.22. The van der Waals surface area contributed by atoms with Crippen LogP contribution in [0, 0.1) is 0 Å². The lowest BCUT2D eigenvalue weighted by Gasteiger charge is -2.05. The number of hydrogen-bond donors (Lipinski definition) is 1. The minimum atomic E-state index is -3.31. The number of carbonyl (C=O) groups excluding carboxylic acids is 1. The number of ketones is 1. The number of carbonyl (C=O) groups is 2. The van der Waals surface area contributed by atoms with Gasteiger partial charge in [-0.05, 0) is 18.6 Å². The maximum atomic E-state index is 12.0. The molecule has 0 bridgehead atoms. The molecule has 0 amide bonds. The Morgan fingerprint density at radius 1 is 1.05 bits per heavy atom. The van der Waals surface area contributed by atoms with Gasteiger partial charge in [-0.2, -0.15) is 0 Å². The number of aliphatic carboxylic acids is 1. The largest absolute Gasteiger partial charge is 0.481 e. The van der Waals surface area contributed by atoms with Crippen LogP contribution in [-0.2, 0) is 14.6 Å². The number of sulfone groups is 1. The Kier molecular flexibility index (Phi) is 6.55. The zero-order valence-electron chi connectivity index (χ0n) is 12.0. The van der Waals surface area contributed by atoms with Crippen molar-refractivity contribution in [2.45, 2.75) is 43.9 Å². The first kappa shape index (κ1) is 17.4. The second-order valence-electron chi connectivity index (χ2n) is 4.87. The highest BCUT2D eigenvalue weighted by atomic mass is 32.2. The van der Waals surface area contributed by atoms with Crippen molar-refractivity contribution in [3.63, 3.8) is 0 Å². The molecular formula is C15H20O5S. The fraction of sp³-hybridized carbons (Fsp3) is 0.467. The first-order valence-corrected chi connectivity index (χ1v) is 8.60. The van der Waals surface area contributed by atoms with Crippen molar-refractivity contribution < 1.29 is 23.1 Å². The fourth-order valence-corrected chi connectivity index (χ4v) is 3.24. The number of Topliss-reactive ketones (excluding diaryl/α,β-unsaturated/α-hetero) is 1. The zero-order valence-corrected chi connectivity index (χ0v) is 12.9. The average molecular weight is 312 g/mol. The third-order valence-corrected chi connectivity index (χ3v) is 4.93. The normalized spacial score (nSPS) is 11.3. The van der Waals surface area contributed by atoms with Gasteiger partial charge in [0.2, 0.25) is 0 Å². The van der Waals surface area contributed by atoms with Gasteiger partial charge in [-0.1, -0.05) is 31.9 Å². The van der Waals surface area contributed by atoms with Gasteiger partial charge in [-0.3, -0.25) is 9.59 Å². The van der Waals surface area contributed by atoms with Gasteiger partial charge in [0.05, 0.1) is 17.1 Å². The summed E-state index contributed by atoms with van der Waals surface area (Å²) in [5, 5.41) is 8.53. The smallest absolute Gasteiger partial charge is 0.303 e. The maximum Gasteiger partial charge on any atom is 0.303 e. The average Bonchev–Trinajstić information content (AvgIpc) is 2.45. The summed E-state index contributed by atoms with van der Waals surface area (Å²) >= 11 is 0. The molecule has 0 saturated carbocycles. The minimum Gasteiger partial charge on any atom is -0.481 e. The molecule has 1 N–H and O–H groups in total. The molecule has 21 heavy (non-hydrogen) atoms. The van der Waals surface area contributed by atoms with E-state index in [9.17, 15) is 18.0 Å². The predicted molar refractivity (Wildman–Crippen MR) is 79.2 cm³/mol. The van der Waals surface area contributed by atoms with Gasteiger partial charge in [0, 0.05) is 12.0 Å². The molecule has 0 saturated heterocycles. The lowest BCUT2D eigenvalue weighted by molar-refractivity contribution is -0.136. The third-order valence-electron chi connectivity index (χ3n) is 3.12. The lowest BCUT2D eigenvalue weighted by atomic mass is 10.1. The molecule has 0 spiro atoms. The van der Waals surface area contributed by atoms with Crippen LogP contribution in [0.1, 0.15) is 49.4 Å². The van der Waals surface area contributed by atoms with Gasteiger partial charge in [0.1, 0.15) is 0 Å². The Hall–Kier alpha value is -1.69. The molecule has 0 atom stereocenters. The van der Waals surface area contributed by atoms with Crippen molar-refractivity contribution in [3.05, 3.63) is 29.8 Å². The van der Waals surface area contributed by atoms with Gasteiger partial charge in [-0.25, -0.2) is 8.42 Å². The topological polar surface area (TPSA) is 88.5 Å². The predicted octanol–water partition coefficient (Wildman–Crippen LogP) is 2.70. The van der Waals surface area contributed by atoms with Gasteiger partial charge < -0.3 is 5.11 Å². The van der Waals surface area contributed by atoms with Crippen molar-refractivity contribution in [2.75, 3.05) is 5.75 Å². The summed E-state index contributed by atoms with van der Waals surface area (Å²) in [7, 11) is -3.31. The second-order valence-corrected chi connectivity index (χ2v) is 6.98. The number of rotatable bonds is 9. The van der Waals surface area contributed by atoms with Crippen LogP contribution in [0.15, 0.2) is 29.2 Å². The van der Waals surface area contributed by atoms with Gasteiger partial charge in [0.15, 0.2) is 15.6 Å². The quantitative estimate of drug-likeness (QED) is 0.559. The summed E-state index contributed by atoms with van der Waals surface area (Å²) in [5.41, 5.74) is 0.337. The number of hydrogen-bond acceptors (Lipinski definition) is 4. The summed E-state index contributed by atoms with van der Waals surface area (Å²) < 4.78 is 24.1. The molecule has 1 aromatic carbocycles. The van der Waals surface area contributed by atoms with Crippen LogP contribution in [0.5, 0.6) is 0 Å². The van der Waals surface area contributed by atoms with Crippen molar-refractivity contribution in [1.29, 1.82) is 0 Å². The molecule has 1 rings (SSSR count). The highest BCUT2D eigenvalue weighted by Crippen LogP contribution is 2.15. The molecule has 116 valence electrons. The van der Waals surface area contributed by atoms with Crippen LogP contribution < -0.4 is 0 Å². The van der Waals surface area contributed by atoms with Gasteiger partial charge in [-0.15, -0.1) is 0 Å². The van der Waals surface area contributed by atoms with Crippen molar-refractivity contribution in [1.82, 2.24) is 0 Å². The Morgan fingerprint density at radius 2 is 1.67 bits per heavy atom. The number of benzene rings is 1. The highest BCUT2D eigenvalue weighted by Gasteiger charge is 2.15. The molecule has 0 aromatic heterocycles. The second kappa shape index (κ2) is 7.93. The first-order chi connectivity index (χ1) is 9.86. The van der Waals surface area contributed by atoms with E-state index in [-0.39, 0.29) is 29.3 Å². The number of carboxylic acids is 1. The molecule has 0 aliphatic heterocycles. The molecule has 1 aromatic rings. The van der Waals surface area contributed by atoms with E-state index < -0.39 is 15.8 Å². The van der Waals surface area contributed by atoms with Crippen LogP contribution in [0.4, 0.5) is 0 Å². The summed E-state index contributed by atoms with van der Waals surface area (Å²) in [6, 6.07) is 5.71. The molecule has 6 heteroatoms. The van der Waals surface area contributed by atoms with Crippen molar-refractivity contribution >= 4 is 21.6 Å². The monoisotopic (exact) mass is 312 g/mol. The van der Waals surface area contributed by atoms with Crippen molar-refractivity contribution in [3.8, 4) is 0 Å². The van der Waals surface area contributed by atoms with E-state index >= 15 is 0 Å². The Morgan fingerprint density at radius 3 is 2.19 bits per heavy atom. The molecule has 5 nitrogen and oxygen atoms in total. The van der Waals surface area contributed by atoms with E-state index in [1.807, 2.05) is 6.92 Å². The molecule has 0 radical (unpaired) electrons. The lowest BCUT2D eigenvalue weighted by Crippen LogP contribution is -2.08. The van der Waals surface area contributed by atoms with E-state index in [2.05, 4.69) is 0 Å². The zero-order chi connectivity index (χ0) is 15.9. The SMILES string of the molecule is CCCCCS(=O)(=O)c1ccc(C(=O)CCC(=O)O)cc1. The van der Waals surface area contributed by atoms with Crippen LogP contribution in [0.2, 0.25) is 0 Å². The number of unbranched alkanes of at least 4 members (excludes halogenated alkanes) is 2. The van der Waals surface area contributed by atoms with E-state index in [1.54, 1.807) is 0 Å². The Bertz CT molecular complexity index is 587. The van der Waals surface area contributed by atoms with Gasteiger partial charge in [0.25, 0.3) is 0 Å². The molecule has 0 aliphatic rings.